The molecule has 60 valence electrons. The van der Waals surface area contributed by atoms with Crippen LogP contribution in [0, 0.1) is 0 Å². The molecule has 2 rings (SSSR count). The van der Waals surface area contributed by atoms with E-state index in [1.807, 2.05) is 0 Å². The van der Waals surface area contributed by atoms with Crippen LogP contribution in [0.2, 0.25) is 0 Å². The van der Waals surface area contributed by atoms with Crippen LogP contribution in [0.4, 0.5) is 4.39 Å². The predicted octanol–water partition coefficient (Wildman–Crippen LogP) is 1.09. The number of nitrogens with two attached hydrogens (primary N) is 1. The third kappa shape index (κ3) is 1.03. The van der Waals surface area contributed by atoms with Crippen molar-refractivity contribution in [2.24, 2.45) is 5.73 Å². The van der Waals surface area contributed by atoms with Crippen molar-refractivity contribution in [2.45, 2.75) is 25.1 Å². The summed E-state index contributed by atoms with van der Waals surface area (Å²) >= 11 is 0. The number of alkyl halides is 1. The second kappa shape index (κ2) is 2.04. The normalized spacial score (nSPS) is 20.2. The molecule has 1 heterocycles. The lowest BCUT2D eigenvalue weighted by Gasteiger charge is -1.99. The highest BCUT2D eigenvalue weighted by Gasteiger charge is 2.44. The SMILES string of the molecule is NC1(c2ncc(CF)o2)CC1. The summed E-state index contributed by atoms with van der Waals surface area (Å²) < 4.78 is 17.0. The van der Waals surface area contributed by atoms with E-state index >= 15 is 0 Å². The predicted molar refractivity (Wildman–Crippen MR) is 36.4 cm³/mol. The van der Waals surface area contributed by atoms with Gasteiger partial charge in [-0.15, -0.1) is 0 Å². The molecule has 11 heavy (non-hydrogen) atoms. The van der Waals surface area contributed by atoms with Gasteiger partial charge in [-0.25, -0.2) is 9.37 Å². The van der Waals surface area contributed by atoms with Crippen molar-refractivity contribution in [3.63, 3.8) is 0 Å². The van der Waals surface area contributed by atoms with Gasteiger partial charge < -0.3 is 10.2 Å². The molecule has 0 bridgehead atoms. The topological polar surface area (TPSA) is 52.0 Å². The molecule has 0 aromatic carbocycles. The lowest BCUT2D eigenvalue weighted by atomic mass is 10.3. The van der Waals surface area contributed by atoms with Crippen LogP contribution in [0.25, 0.3) is 0 Å². The summed E-state index contributed by atoms with van der Waals surface area (Å²) in [5.41, 5.74) is 5.38. The zero-order valence-electron chi connectivity index (χ0n) is 6.01. The summed E-state index contributed by atoms with van der Waals surface area (Å²) in [6.07, 6.45) is 3.17. The summed E-state index contributed by atoms with van der Waals surface area (Å²) in [7, 11) is 0. The van der Waals surface area contributed by atoms with Gasteiger partial charge in [0, 0.05) is 0 Å². The van der Waals surface area contributed by atoms with Crippen LogP contribution in [0.5, 0.6) is 0 Å². The van der Waals surface area contributed by atoms with Crippen LogP contribution >= 0.6 is 0 Å². The van der Waals surface area contributed by atoms with Gasteiger partial charge in [0.25, 0.3) is 0 Å². The van der Waals surface area contributed by atoms with Crippen LogP contribution in [0.15, 0.2) is 10.6 Å². The Labute approximate surface area is 63.4 Å². The Kier molecular flexibility index (Phi) is 1.26. The van der Waals surface area contributed by atoms with Crippen molar-refractivity contribution in [3.8, 4) is 0 Å². The molecule has 1 aliphatic carbocycles. The monoisotopic (exact) mass is 156 g/mol. The van der Waals surface area contributed by atoms with Crippen LogP contribution in [-0.2, 0) is 12.2 Å². The van der Waals surface area contributed by atoms with Crippen molar-refractivity contribution in [1.29, 1.82) is 0 Å². The number of rotatable bonds is 2. The minimum absolute atomic E-state index is 0.261. The van der Waals surface area contributed by atoms with E-state index < -0.39 is 6.67 Å². The van der Waals surface area contributed by atoms with Crippen molar-refractivity contribution >= 4 is 0 Å². The van der Waals surface area contributed by atoms with E-state index in [-0.39, 0.29) is 11.3 Å². The fraction of sp³-hybridized carbons (Fsp3) is 0.571. The minimum Gasteiger partial charge on any atom is -0.441 e. The smallest absolute Gasteiger partial charge is 0.214 e. The molecule has 1 aromatic heterocycles. The first-order valence-electron chi connectivity index (χ1n) is 3.55. The summed E-state index contributed by atoms with van der Waals surface area (Å²) in [5, 5.41) is 0. The molecule has 2 N–H and O–H groups in total. The van der Waals surface area contributed by atoms with E-state index in [4.69, 9.17) is 10.2 Å². The van der Waals surface area contributed by atoms with Gasteiger partial charge in [-0.3, -0.25) is 0 Å². The van der Waals surface area contributed by atoms with Gasteiger partial charge >= 0.3 is 0 Å². The number of nitrogens with zero attached hydrogens (tertiary/aromatic N) is 1. The summed E-state index contributed by atoms with van der Waals surface area (Å²) in [4.78, 5) is 3.89. The molecular weight excluding hydrogens is 147 g/mol. The molecule has 3 nitrogen and oxygen atoms in total. The first kappa shape index (κ1) is 6.79. The maximum atomic E-state index is 12.0. The quantitative estimate of drug-likeness (QED) is 0.697. The molecule has 1 aromatic rings. The first-order chi connectivity index (χ1) is 5.24. The van der Waals surface area contributed by atoms with Gasteiger partial charge in [-0.1, -0.05) is 0 Å². The van der Waals surface area contributed by atoms with E-state index in [1.165, 1.54) is 6.20 Å². The lowest BCUT2D eigenvalue weighted by molar-refractivity contribution is 0.356. The average molecular weight is 156 g/mol. The second-order valence-corrected chi connectivity index (χ2v) is 2.92. The molecule has 0 unspecified atom stereocenters. The maximum absolute atomic E-state index is 12.0. The highest BCUT2D eigenvalue weighted by Crippen LogP contribution is 2.41. The lowest BCUT2D eigenvalue weighted by Crippen LogP contribution is -2.18. The third-order valence-corrected chi connectivity index (χ3v) is 1.90. The summed E-state index contributed by atoms with van der Waals surface area (Å²) in [5.74, 6) is 0.738. The van der Waals surface area contributed by atoms with Crippen molar-refractivity contribution in [1.82, 2.24) is 4.98 Å². The Morgan fingerprint density at radius 2 is 2.45 bits per heavy atom. The highest BCUT2D eigenvalue weighted by molar-refractivity contribution is 5.12. The molecule has 0 amide bonds. The molecule has 0 atom stereocenters. The number of hydrogen-bond acceptors (Lipinski definition) is 3. The van der Waals surface area contributed by atoms with E-state index in [2.05, 4.69) is 4.98 Å². The molecule has 1 fully saturated rings. The van der Waals surface area contributed by atoms with Crippen LogP contribution in [0.3, 0.4) is 0 Å². The largest absolute Gasteiger partial charge is 0.441 e. The van der Waals surface area contributed by atoms with Gasteiger partial charge in [0.1, 0.15) is 6.67 Å². The van der Waals surface area contributed by atoms with E-state index in [9.17, 15) is 4.39 Å². The number of oxazole rings is 1. The van der Waals surface area contributed by atoms with Gasteiger partial charge in [0.15, 0.2) is 5.76 Å². The van der Waals surface area contributed by atoms with Gasteiger partial charge in [-0.2, -0.15) is 0 Å². The average Bonchev–Trinajstić information content (AvgIpc) is 2.61. The Morgan fingerprint density at radius 3 is 2.91 bits per heavy atom. The number of hydrogen-bond donors (Lipinski definition) is 1. The summed E-state index contributed by atoms with van der Waals surface area (Å²) in [6, 6.07) is 0. The molecular formula is C7H9FN2O. The van der Waals surface area contributed by atoms with Crippen LogP contribution < -0.4 is 5.73 Å². The minimum atomic E-state index is -0.608. The number of aromatic nitrogens is 1. The fourth-order valence-electron chi connectivity index (χ4n) is 0.948. The zero-order valence-corrected chi connectivity index (χ0v) is 6.01. The van der Waals surface area contributed by atoms with E-state index in [1.54, 1.807) is 0 Å². The zero-order chi connectivity index (χ0) is 7.90. The molecule has 4 heteroatoms. The van der Waals surface area contributed by atoms with E-state index in [0.29, 0.717) is 5.89 Å². The van der Waals surface area contributed by atoms with Gasteiger partial charge in [-0.05, 0) is 12.8 Å². The molecule has 0 saturated heterocycles. The molecule has 1 saturated carbocycles. The van der Waals surface area contributed by atoms with Crippen molar-refractivity contribution < 1.29 is 8.81 Å². The Bertz CT molecular complexity index is 267. The maximum Gasteiger partial charge on any atom is 0.214 e. The van der Waals surface area contributed by atoms with E-state index in [0.717, 1.165) is 12.8 Å². The molecule has 1 aliphatic rings. The van der Waals surface area contributed by atoms with Crippen LogP contribution in [-0.4, -0.2) is 4.98 Å². The fourth-order valence-corrected chi connectivity index (χ4v) is 0.948. The Hall–Kier alpha value is -0.900. The standard InChI is InChI=1S/C7H9FN2O/c8-3-5-4-10-6(11-5)7(9)1-2-7/h4H,1-3,9H2. The summed E-state index contributed by atoms with van der Waals surface area (Å²) in [6.45, 7) is -0.608. The van der Waals surface area contributed by atoms with Gasteiger partial charge in [0.2, 0.25) is 5.89 Å². The van der Waals surface area contributed by atoms with Crippen molar-refractivity contribution in [3.05, 3.63) is 17.8 Å². The molecule has 0 radical (unpaired) electrons. The van der Waals surface area contributed by atoms with Crippen LogP contribution in [0.1, 0.15) is 24.5 Å². The first-order valence-corrected chi connectivity index (χ1v) is 3.55. The van der Waals surface area contributed by atoms with Crippen molar-refractivity contribution in [2.75, 3.05) is 0 Å². The Morgan fingerprint density at radius 1 is 1.73 bits per heavy atom. The van der Waals surface area contributed by atoms with Gasteiger partial charge in [0.05, 0.1) is 11.7 Å². The third-order valence-electron chi connectivity index (χ3n) is 1.90. The number of halogens is 1. The highest BCUT2D eigenvalue weighted by atomic mass is 19.1. The second-order valence-electron chi connectivity index (χ2n) is 2.92. The molecule has 0 aliphatic heterocycles. The Balaban J connectivity index is 2.25. The molecule has 0 spiro atoms.